The van der Waals surface area contributed by atoms with E-state index in [1.807, 2.05) is 4.98 Å². The van der Waals surface area contributed by atoms with Crippen LogP contribution in [0.4, 0.5) is 4.39 Å². The monoisotopic (exact) mass is 214 g/mol. The molecule has 0 fully saturated rings. The molecule has 0 radical (unpaired) electrons. The second-order valence-electron chi connectivity index (χ2n) is 2.69. The van der Waals surface area contributed by atoms with Gasteiger partial charge in [-0.15, -0.1) is 0 Å². The Kier molecular flexibility index (Phi) is 1.89. The maximum absolute atomic E-state index is 13.0. The molecule has 2 N–H and O–H groups in total. The molecule has 2 aromatic rings. The normalized spacial score (nSPS) is 10.7. The first-order chi connectivity index (χ1) is 6.59. The zero-order valence-electron chi connectivity index (χ0n) is 6.73. The second kappa shape index (κ2) is 2.95. The van der Waals surface area contributed by atoms with Gasteiger partial charge < -0.3 is 4.98 Å². The van der Waals surface area contributed by atoms with Gasteiger partial charge in [-0.1, -0.05) is 11.6 Å². The molecular formula is C8H4ClFN2O2. The van der Waals surface area contributed by atoms with E-state index in [0.717, 1.165) is 6.07 Å². The fourth-order valence-corrected chi connectivity index (χ4v) is 1.45. The molecule has 2 rings (SSSR count). The van der Waals surface area contributed by atoms with E-state index >= 15 is 0 Å². The van der Waals surface area contributed by atoms with E-state index < -0.39 is 17.1 Å². The molecule has 0 bridgehead atoms. The Bertz CT molecular complexity index is 617. The molecule has 1 aromatic carbocycles. The van der Waals surface area contributed by atoms with Crippen LogP contribution in [0.5, 0.6) is 0 Å². The Hall–Kier alpha value is -1.62. The van der Waals surface area contributed by atoms with Crippen LogP contribution in [0.25, 0.3) is 10.9 Å². The van der Waals surface area contributed by atoms with Gasteiger partial charge in [0.25, 0.3) is 5.56 Å². The van der Waals surface area contributed by atoms with Gasteiger partial charge in [-0.2, -0.15) is 0 Å². The lowest BCUT2D eigenvalue weighted by Crippen LogP contribution is -2.22. The van der Waals surface area contributed by atoms with E-state index in [2.05, 4.69) is 4.98 Å². The maximum Gasteiger partial charge on any atom is 0.326 e. The fraction of sp³-hybridized carbons (Fsp3) is 0. The number of aromatic amines is 2. The van der Waals surface area contributed by atoms with Crippen molar-refractivity contribution >= 4 is 22.5 Å². The number of halogens is 2. The summed E-state index contributed by atoms with van der Waals surface area (Å²) in [5.74, 6) is -0.697. The Morgan fingerprint density at radius 3 is 2.64 bits per heavy atom. The standard InChI is InChI=1S/C8H4ClFN2O2/c9-6-3(10)1-2-4-5(6)7(13)12-8(14)11-4/h1-2H,(H2,11,12,13,14). The minimum Gasteiger partial charge on any atom is -0.307 e. The fourth-order valence-electron chi connectivity index (χ4n) is 1.20. The van der Waals surface area contributed by atoms with Crippen LogP contribution >= 0.6 is 11.6 Å². The van der Waals surface area contributed by atoms with Crippen molar-refractivity contribution in [2.24, 2.45) is 0 Å². The van der Waals surface area contributed by atoms with Gasteiger partial charge in [-0.3, -0.25) is 9.78 Å². The summed E-state index contributed by atoms with van der Waals surface area (Å²) < 4.78 is 13.0. The average molecular weight is 215 g/mol. The van der Waals surface area contributed by atoms with Crippen LogP contribution < -0.4 is 11.2 Å². The van der Waals surface area contributed by atoms with Gasteiger partial charge in [0, 0.05) is 0 Å². The number of hydrogen-bond acceptors (Lipinski definition) is 2. The first-order valence-corrected chi connectivity index (χ1v) is 4.07. The van der Waals surface area contributed by atoms with Gasteiger partial charge in [-0.05, 0) is 12.1 Å². The molecule has 14 heavy (non-hydrogen) atoms. The predicted molar refractivity (Wildman–Crippen MR) is 50.2 cm³/mol. The number of hydrogen-bond donors (Lipinski definition) is 2. The van der Waals surface area contributed by atoms with Crippen molar-refractivity contribution in [3.63, 3.8) is 0 Å². The first kappa shape index (κ1) is 8.96. The van der Waals surface area contributed by atoms with Crippen LogP contribution in [0.15, 0.2) is 21.7 Å². The quantitative estimate of drug-likeness (QED) is 0.687. The molecule has 72 valence electrons. The van der Waals surface area contributed by atoms with E-state index in [-0.39, 0.29) is 15.9 Å². The van der Waals surface area contributed by atoms with Crippen molar-refractivity contribution in [1.82, 2.24) is 9.97 Å². The lowest BCUT2D eigenvalue weighted by atomic mass is 10.2. The highest BCUT2D eigenvalue weighted by molar-refractivity contribution is 6.35. The molecule has 0 aliphatic carbocycles. The van der Waals surface area contributed by atoms with Gasteiger partial charge in [0.1, 0.15) is 5.82 Å². The minimum absolute atomic E-state index is 0.0498. The molecule has 0 saturated carbocycles. The molecule has 0 atom stereocenters. The van der Waals surface area contributed by atoms with Crippen LogP contribution in [-0.4, -0.2) is 9.97 Å². The highest BCUT2D eigenvalue weighted by atomic mass is 35.5. The first-order valence-electron chi connectivity index (χ1n) is 3.70. The average Bonchev–Trinajstić information content (AvgIpc) is 2.10. The summed E-state index contributed by atoms with van der Waals surface area (Å²) in [6.45, 7) is 0. The number of rotatable bonds is 0. The largest absolute Gasteiger partial charge is 0.326 e. The SMILES string of the molecule is O=c1[nH]c(=O)c2c(Cl)c(F)ccc2[nH]1. The van der Waals surface area contributed by atoms with Crippen LogP contribution in [0.2, 0.25) is 5.02 Å². The Balaban J connectivity index is 3.11. The molecule has 0 spiro atoms. The van der Waals surface area contributed by atoms with E-state index in [1.54, 1.807) is 0 Å². The summed E-state index contributed by atoms with van der Waals surface area (Å²) in [7, 11) is 0. The Labute approximate surface area is 81.3 Å². The highest BCUT2D eigenvalue weighted by Crippen LogP contribution is 2.20. The summed E-state index contributed by atoms with van der Waals surface area (Å²) in [4.78, 5) is 26.4. The van der Waals surface area contributed by atoms with Crippen LogP contribution in [0, 0.1) is 5.82 Å². The molecule has 6 heteroatoms. The number of H-pyrrole nitrogens is 2. The molecular weight excluding hydrogens is 211 g/mol. The zero-order chi connectivity index (χ0) is 10.3. The molecule has 0 aliphatic heterocycles. The molecule has 0 amide bonds. The Morgan fingerprint density at radius 2 is 1.93 bits per heavy atom. The smallest absolute Gasteiger partial charge is 0.307 e. The summed E-state index contributed by atoms with van der Waals surface area (Å²) in [5.41, 5.74) is -1.14. The second-order valence-corrected chi connectivity index (χ2v) is 3.07. The third-order valence-electron chi connectivity index (χ3n) is 1.80. The summed E-state index contributed by atoms with van der Waals surface area (Å²) >= 11 is 5.57. The van der Waals surface area contributed by atoms with Crippen LogP contribution in [-0.2, 0) is 0 Å². The van der Waals surface area contributed by atoms with Crippen molar-refractivity contribution in [3.8, 4) is 0 Å². The third kappa shape index (κ3) is 1.22. The van der Waals surface area contributed by atoms with Gasteiger partial charge in [0.15, 0.2) is 0 Å². The Morgan fingerprint density at radius 1 is 1.21 bits per heavy atom. The van der Waals surface area contributed by atoms with Gasteiger partial charge in [-0.25, -0.2) is 9.18 Å². The lowest BCUT2D eigenvalue weighted by Gasteiger charge is -1.98. The third-order valence-corrected chi connectivity index (χ3v) is 2.17. The van der Waals surface area contributed by atoms with E-state index in [1.165, 1.54) is 6.07 Å². The van der Waals surface area contributed by atoms with Crippen molar-refractivity contribution in [1.29, 1.82) is 0 Å². The van der Waals surface area contributed by atoms with Crippen LogP contribution in [0.1, 0.15) is 0 Å². The highest BCUT2D eigenvalue weighted by Gasteiger charge is 2.09. The van der Waals surface area contributed by atoms with Crippen LogP contribution in [0.3, 0.4) is 0 Å². The predicted octanol–water partition coefficient (Wildman–Crippen LogP) is 1.01. The van der Waals surface area contributed by atoms with Crippen molar-refractivity contribution < 1.29 is 4.39 Å². The molecule has 0 unspecified atom stereocenters. The summed E-state index contributed by atoms with van der Waals surface area (Å²) in [6, 6.07) is 2.37. The van der Waals surface area contributed by atoms with Crippen molar-refractivity contribution in [2.75, 3.05) is 0 Å². The minimum atomic E-state index is -0.701. The van der Waals surface area contributed by atoms with E-state index in [4.69, 9.17) is 11.6 Å². The molecule has 4 nitrogen and oxygen atoms in total. The molecule has 1 heterocycles. The molecule has 1 aromatic heterocycles. The van der Waals surface area contributed by atoms with Crippen molar-refractivity contribution in [2.45, 2.75) is 0 Å². The topological polar surface area (TPSA) is 65.7 Å². The number of benzene rings is 1. The van der Waals surface area contributed by atoms with E-state index in [9.17, 15) is 14.0 Å². The zero-order valence-corrected chi connectivity index (χ0v) is 7.48. The summed E-state index contributed by atoms with van der Waals surface area (Å²) in [5, 5.41) is -0.341. The van der Waals surface area contributed by atoms with Crippen molar-refractivity contribution in [3.05, 3.63) is 43.8 Å². The summed E-state index contributed by atoms with van der Waals surface area (Å²) in [6.07, 6.45) is 0. The molecule has 0 aliphatic rings. The number of aromatic nitrogens is 2. The molecule has 0 saturated heterocycles. The van der Waals surface area contributed by atoms with E-state index in [0.29, 0.717) is 0 Å². The number of nitrogens with one attached hydrogen (secondary N) is 2. The number of fused-ring (bicyclic) bond motifs is 1. The van der Waals surface area contributed by atoms with Gasteiger partial charge >= 0.3 is 5.69 Å². The van der Waals surface area contributed by atoms with Gasteiger partial charge in [0.05, 0.1) is 15.9 Å². The van der Waals surface area contributed by atoms with Gasteiger partial charge in [0.2, 0.25) is 0 Å². The lowest BCUT2D eigenvalue weighted by molar-refractivity contribution is 0.630. The maximum atomic E-state index is 13.0.